The summed E-state index contributed by atoms with van der Waals surface area (Å²) < 4.78 is 5.79. The van der Waals surface area contributed by atoms with E-state index in [1.54, 1.807) is 6.07 Å². The quantitative estimate of drug-likeness (QED) is 0.804. The van der Waals surface area contributed by atoms with Gasteiger partial charge in [-0.15, -0.1) is 0 Å². The van der Waals surface area contributed by atoms with Crippen LogP contribution in [0.5, 0.6) is 5.75 Å². The number of benzene rings is 2. The summed E-state index contributed by atoms with van der Waals surface area (Å²) >= 11 is 0. The number of aromatic nitrogens is 2. The van der Waals surface area contributed by atoms with E-state index in [9.17, 15) is 4.79 Å². The van der Waals surface area contributed by atoms with Crippen molar-refractivity contribution in [1.29, 1.82) is 0 Å². The molecular formula is C19H19N3O2. The van der Waals surface area contributed by atoms with E-state index in [1.165, 1.54) is 5.56 Å². The van der Waals surface area contributed by atoms with E-state index in [0.29, 0.717) is 18.4 Å². The van der Waals surface area contributed by atoms with Crippen LogP contribution in [-0.4, -0.2) is 34.6 Å². The molecular weight excluding hydrogens is 302 g/mol. The highest BCUT2D eigenvalue weighted by molar-refractivity contribution is 5.77. The Hall–Kier alpha value is -2.66. The molecule has 0 atom stereocenters. The Balaban J connectivity index is 1.50. The van der Waals surface area contributed by atoms with Gasteiger partial charge in [-0.1, -0.05) is 30.3 Å². The predicted octanol–water partition coefficient (Wildman–Crippen LogP) is 2.36. The number of hydrogen-bond donors (Lipinski definition) is 1. The molecule has 24 heavy (non-hydrogen) atoms. The monoisotopic (exact) mass is 321 g/mol. The van der Waals surface area contributed by atoms with Crippen LogP contribution in [-0.2, 0) is 13.0 Å². The zero-order valence-electron chi connectivity index (χ0n) is 13.4. The summed E-state index contributed by atoms with van der Waals surface area (Å²) in [6.07, 6.45) is 0.711. The number of hydrogen-bond acceptors (Lipinski definition) is 4. The first-order valence-corrected chi connectivity index (χ1v) is 8.20. The first-order valence-electron chi connectivity index (χ1n) is 8.20. The van der Waals surface area contributed by atoms with Gasteiger partial charge < -0.3 is 9.72 Å². The van der Waals surface area contributed by atoms with E-state index in [2.05, 4.69) is 20.9 Å². The maximum absolute atomic E-state index is 12.1. The molecule has 4 rings (SSSR count). The van der Waals surface area contributed by atoms with Crippen molar-refractivity contribution in [3.8, 4) is 5.75 Å². The molecule has 2 aromatic carbocycles. The molecule has 2 heterocycles. The highest BCUT2D eigenvalue weighted by Crippen LogP contribution is 2.22. The third-order valence-electron chi connectivity index (χ3n) is 4.36. The second-order valence-corrected chi connectivity index (χ2v) is 6.01. The van der Waals surface area contributed by atoms with Crippen molar-refractivity contribution in [1.82, 2.24) is 14.9 Å². The number of nitrogens with zero attached hydrogens (tertiary/aromatic N) is 2. The molecule has 0 unspecified atom stereocenters. The summed E-state index contributed by atoms with van der Waals surface area (Å²) in [4.78, 5) is 21.9. The number of para-hydroxylation sites is 2. The van der Waals surface area contributed by atoms with Crippen LogP contribution in [0.1, 0.15) is 11.4 Å². The van der Waals surface area contributed by atoms with Gasteiger partial charge in [0.2, 0.25) is 0 Å². The van der Waals surface area contributed by atoms with Gasteiger partial charge in [-0.05, 0) is 18.2 Å². The van der Waals surface area contributed by atoms with Gasteiger partial charge in [0.15, 0.2) is 0 Å². The minimum Gasteiger partial charge on any atom is -0.492 e. The normalized spacial score (nSPS) is 14.8. The number of fused-ring (bicyclic) bond motifs is 2. The van der Waals surface area contributed by atoms with Crippen LogP contribution in [0.4, 0.5) is 0 Å². The summed E-state index contributed by atoms with van der Waals surface area (Å²) in [6, 6.07) is 15.6. The zero-order valence-corrected chi connectivity index (χ0v) is 13.4. The lowest BCUT2D eigenvalue weighted by molar-refractivity contribution is 0.227. The minimum absolute atomic E-state index is 0.0693. The minimum atomic E-state index is -0.0693. The Morgan fingerprint density at radius 1 is 1.12 bits per heavy atom. The van der Waals surface area contributed by atoms with Crippen LogP contribution in [0.3, 0.4) is 0 Å². The predicted molar refractivity (Wildman–Crippen MR) is 93.3 cm³/mol. The largest absolute Gasteiger partial charge is 0.492 e. The van der Waals surface area contributed by atoms with Crippen molar-refractivity contribution in [2.75, 3.05) is 19.7 Å². The van der Waals surface area contributed by atoms with Crippen LogP contribution >= 0.6 is 0 Å². The molecule has 122 valence electrons. The van der Waals surface area contributed by atoms with E-state index in [4.69, 9.17) is 4.74 Å². The summed E-state index contributed by atoms with van der Waals surface area (Å²) in [5, 5.41) is 0.637. The number of ether oxygens (including phenoxy) is 1. The Morgan fingerprint density at radius 3 is 2.92 bits per heavy atom. The van der Waals surface area contributed by atoms with Crippen LogP contribution in [0.15, 0.2) is 53.3 Å². The summed E-state index contributed by atoms with van der Waals surface area (Å²) in [7, 11) is 0. The fraction of sp³-hybridized carbons (Fsp3) is 0.263. The molecule has 0 bridgehead atoms. The molecule has 5 nitrogen and oxygen atoms in total. The fourth-order valence-corrected chi connectivity index (χ4v) is 3.09. The average Bonchev–Trinajstić information content (AvgIpc) is 2.82. The van der Waals surface area contributed by atoms with Crippen LogP contribution < -0.4 is 10.3 Å². The van der Waals surface area contributed by atoms with Crippen molar-refractivity contribution in [3.63, 3.8) is 0 Å². The SMILES string of the molecule is O=c1[nH]c(CCN2CCOc3ccccc3C2)nc2ccccc12. The molecule has 1 aliphatic rings. The lowest BCUT2D eigenvalue weighted by Crippen LogP contribution is -2.29. The standard InChI is InChI=1S/C19H19N3O2/c23-19-15-6-2-3-7-16(15)20-18(21-19)9-10-22-11-12-24-17-8-4-1-5-14(17)13-22/h1-8H,9-13H2,(H,20,21,23). The van der Waals surface area contributed by atoms with E-state index in [-0.39, 0.29) is 5.56 Å². The van der Waals surface area contributed by atoms with Gasteiger partial charge in [-0.2, -0.15) is 0 Å². The van der Waals surface area contributed by atoms with E-state index in [0.717, 1.165) is 36.7 Å². The number of rotatable bonds is 3. The van der Waals surface area contributed by atoms with E-state index in [1.807, 2.05) is 36.4 Å². The molecule has 0 amide bonds. The van der Waals surface area contributed by atoms with Gasteiger partial charge in [0.05, 0.1) is 10.9 Å². The number of H-pyrrole nitrogens is 1. The molecule has 5 heteroatoms. The Bertz CT molecular complexity index is 920. The highest BCUT2D eigenvalue weighted by Gasteiger charge is 2.15. The topological polar surface area (TPSA) is 58.2 Å². The first kappa shape index (κ1) is 14.9. The Kier molecular flexibility index (Phi) is 4.01. The van der Waals surface area contributed by atoms with Gasteiger partial charge in [0.25, 0.3) is 5.56 Å². The van der Waals surface area contributed by atoms with Crippen molar-refractivity contribution >= 4 is 10.9 Å². The van der Waals surface area contributed by atoms with Crippen molar-refractivity contribution in [2.45, 2.75) is 13.0 Å². The van der Waals surface area contributed by atoms with Gasteiger partial charge in [-0.25, -0.2) is 4.98 Å². The fourth-order valence-electron chi connectivity index (χ4n) is 3.09. The second-order valence-electron chi connectivity index (χ2n) is 6.01. The van der Waals surface area contributed by atoms with E-state index < -0.39 is 0 Å². The first-order chi connectivity index (χ1) is 11.8. The third kappa shape index (κ3) is 3.03. The maximum Gasteiger partial charge on any atom is 0.258 e. The number of nitrogens with one attached hydrogen (secondary N) is 1. The maximum atomic E-state index is 12.1. The molecule has 1 aliphatic heterocycles. The Labute approximate surface area is 139 Å². The van der Waals surface area contributed by atoms with Crippen LogP contribution in [0.25, 0.3) is 10.9 Å². The van der Waals surface area contributed by atoms with Crippen molar-refractivity contribution in [2.24, 2.45) is 0 Å². The average molecular weight is 321 g/mol. The van der Waals surface area contributed by atoms with Crippen LogP contribution in [0, 0.1) is 0 Å². The number of aromatic amines is 1. The van der Waals surface area contributed by atoms with E-state index >= 15 is 0 Å². The molecule has 3 aromatic rings. The highest BCUT2D eigenvalue weighted by atomic mass is 16.5. The summed E-state index contributed by atoms with van der Waals surface area (Å²) in [5.74, 6) is 1.70. The van der Waals surface area contributed by atoms with Gasteiger partial charge >= 0.3 is 0 Å². The molecule has 0 radical (unpaired) electrons. The van der Waals surface area contributed by atoms with Gasteiger partial charge in [0.1, 0.15) is 18.2 Å². The van der Waals surface area contributed by atoms with Crippen LogP contribution in [0.2, 0.25) is 0 Å². The molecule has 1 N–H and O–H groups in total. The summed E-state index contributed by atoms with van der Waals surface area (Å²) in [5.41, 5.74) is 1.89. The molecule has 0 saturated carbocycles. The smallest absolute Gasteiger partial charge is 0.258 e. The zero-order chi connectivity index (χ0) is 16.4. The van der Waals surface area contributed by atoms with Crippen molar-refractivity contribution < 1.29 is 4.74 Å². The second kappa shape index (κ2) is 6.45. The van der Waals surface area contributed by atoms with Gasteiger partial charge in [-0.3, -0.25) is 9.69 Å². The third-order valence-corrected chi connectivity index (χ3v) is 4.36. The molecule has 1 aromatic heterocycles. The molecule has 0 spiro atoms. The lowest BCUT2D eigenvalue weighted by atomic mass is 10.2. The van der Waals surface area contributed by atoms with Crippen molar-refractivity contribution in [3.05, 3.63) is 70.3 Å². The van der Waals surface area contributed by atoms with Gasteiger partial charge in [0, 0.05) is 31.6 Å². The molecule has 0 aliphatic carbocycles. The summed E-state index contributed by atoms with van der Waals surface area (Å²) in [6.45, 7) is 3.23. The Morgan fingerprint density at radius 2 is 1.96 bits per heavy atom. The lowest BCUT2D eigenvalue weighted by Gasteiger charge is -2.18. The molecule has 0 fully saturated rings. The molecule has 0 saturated heterocycles.